The van der Waals surface area contributed by atoms with Gasteiger partial charge in [0.15, 0.2) is 0 Å². The van der Waals surface area contributed by atoms with E-state index < -0.39 is 10.0 Å². The van der Waals surface area contributed by atoms with E-state index in [1.165, 1.54) is 0 Å². The molecule has 3 rings (SSSR count). The van der Waals surface area contributed by atoms with E-state index in [0.29, 0.717) is 30.0 Å². The molecule has 0 heterocycles. The number of ether oxygens (including phenoxy) is 1. The van der Waals surface area contributed by atoms with E-state index in [1.807, 2.05) is 42.5 Å². The molecule has 6 nitrogen and oxygen atoms in total. The fraction of sp³-hybridized carbons (Fsp3) is 0.190. The molecule has 0 aromatic heterocycles. The molecule has 1 amide bonds. The molecule has 0 radical (unpaired) electrons. The van der Waals surface area contributed by atoms with Gasteiger partial charge in [-0.3, -0.25) is 9.52 Å². The SMILES string of the molecule is Cc1cc(C(=O)NCCOc2cccc3ccccc23)ccc1NS(C)(=O)=O. The third kappa shape index (κ3) is 5.01. The van der Waals surface area contributed by atoms with Crippen molar-refractivity contribution in [2.24, 2.45) is 0 Å². The van der Waals surface area contributed by atoms with Crippen molar-refractivity contribution in [2.45, 2.75) is 6.92 Å². The van der Waals surface area contributed by atoms with Crippen LogP contribution in [0.15, 0.2) is 60.7 Å². The van der Waals surface area contributed by atoms with E-state index in [-0.39, 0.29) is 5.91 Å². The molecule has 0 fully saturated rings. The van der Waals surface area contributed by atoms with Gasteiger partial charge in [0.05, 0.1) is 18.5 Å². The van der Waals surface area contributed by atoms with Crippen LogP contribution >= 0.6 is 0 Å². The summed E-state index contributed by atoms with van der Waals surface area (Å²) in [5.41, 5.74) is 1.59. The molecule has 0 saturated heterocycles. The molecule has 28 heavy (non-hydrogen) atoms. The van der Waals surface area contributed by atoms with Crippen LogP contribution in [0.5, 0.6) is 5.75 Å². The van der Waals surface area contributed by atoms with Gasteiger partial charge in [-0.15, -0.1) is 0 Å². The first-order valence-corrected chi connectivity index (χ1v) is 10.7. The van der Waals surface area contributed by atoms with Gasteiger partial charge in [-0.25, -0.2) is 8.42 Å². The van der Waals surface area contributed by atoms with Gasteiger partial charge in [-0.05, 0) is 42.1 Å². The number of hydrogen-bond acceptors (Lipinski definition) is 4. The average Bonchev–Trinajstić information content (AvgIpc) is 2.65. The lowest BCUT2D eigenvalue weighted by atomic mass is 10.1. The Balaban J connectivity index is 1.56. The van der Waals surface area contributed by atoms with Crippen molar-refractivity contribution in [1.82, 2.24) is 5.32 Å². The molecular formula is C21H22N2O4S. The smallest absolute Gasteiger partial charge is 0.251 e. The summed E-state index contributed by atoms with van der Waals surface area (Å²) in [5.74, 6) is 0.537. The van der Waals surface area contributed by atoms with E-state index in [4.69, 9.17) is 4.74 Å². The standard InChI is InChI=1S/C21H22N2O4S/c1-15-14-17(10-11-19(15)23-28(2,25)26)21(24)22-12-13-27-20-9-5-7-16-6-3-4-8-18(16)20/h3-11,14,23H,12-13H2,1-2H3,(H,22,24). The monoisotopic (exact) mass is 398 g/mol. The van der Waals surface area contributed by atoms with Crippen LogP contribution in [0.1, 0.15) is 15.9 Å². The van der Waals surface area contributed by atoms with Gasteiger partial charge in [0.25, 0.3) is 5.91 Å². The van der Waals surface area contributed by atoms with Gasteiger partial charge in [0.2, 0.25) is 10.0 Å². The molecular weight excluding hydrogens is 376 g/mol. The lowest BCUT2D eigenvalue weighted by Crippen LogP contribution is -2.28. The maximum absolute atomic E-state index is 12.3. The van der Waals surface area contributed by atoms with Crippen LogP contribution in [-0.4, -0.2) is 33.7 Å². The van der Waals surface area contributed by atoms with Crippen LogP contribution in [0, 0.1) is 6.92 Å². The minimum absolute atomic E-state index is 0.240. The highest BCUT2D eigenvalue weighted by atomic mass is 32.2. The van der Waals surface area contributed by atoms with Gasteiger partial charge < -0.3 is 10.1 Å². The van der Waals surface area contributed by atoms with Crippen LogP contribution in [0.25, 0.3) is 10.8 Å². The van der Waals surface area contributed by atoms with Crippen LogP contribution in [0.2, 0.25) is 0 Å². The van der Waals surface area contributed by atoms with E-state index >= 15 is 0 Å². The maximum atomic E-state index is 12.3. The summed E-state index contributed by atoms with van der Waals surface area (Å²) in [7, 11) is -3.36. The molecule has 0 atom stereocenters. The number of anilines is 1. The zero-order valence-electron chi connectivity index (χ0n) is 15.7. The summed E-state index contributed by atoms with van der Waals surface area (Å²) in [6.07, 6.45) is 1.09. The highest BCUT2D eigenvalue weighted by Gasteiger charge is 2.10. The number of hydrogen-bond donors (Lipinski definition) is 2. The van der Waals surface area contributed by atoms with Crippen molar-refractivity contribution in [1.29, 1.82) is 0 Å². The number of nitrogens with one attached hydrogen (secondary N) is 2. The van der Waals surface area contributed by atoms with Crippen LogP contribution < -0.4 is 14.8 Å². The van der Waals surface area contributed by atoms with E-state index in [0.717, 1.165) is 22.8 Å². The summed E-state index contributed by atoms with van der Waals surface area (Å²) < 4.78 is 30.9. The third-order valence-electron chi connectivity index (χ3n) is 4.18. The molecule has 0 unspecified atom stereocenters. The predicted molar refractivity (Wildman–Crippen MR) is 111 cm³/mol. The van der Waals surface area contributed by atoms with Crippen LogP contribution in [0.4, 0.5) is 5.69 Å². The second-order valence-corrected chi connectivity index (χ2v) is 8.23. The summed E-state index contributed by atoms with van der Waals surface area (Å²) >= 11 is 0. The molecule has 2 N–H and O–H groups in total. The minimum atomic E-state index is -3.36. The number of carbonyl (C=O) groups excluding carboxylic acids is 1. The number of fused-ring (bicyclic) bond motifs is 1. The van der Waals surface area contributed by atoms with E-state index in [9.17, 15) is 13.2 Å². The fourth-order valence-electron chi connectivity index (χ4n) is 2.87. The first-order chi connectivity index (χ1) is 13.3. The second kappa shape index (κ2) is 8.31. The lowest BCUT2D eigenvalue weighted by molar-refractivity contribution is 0.0947. The van der Waals surface area contributed by atoms with Crippen molar-refractivity contribution < 1.29 is 17.9 Å². The second-order valence-electron chi connectivity index (χ2n) is 6.49. The van der Waals surface area contributed by atoms with E-state index in [1.54, 1.807) is 25.1 Å². The number of benzene rings is 3. The Morgan fingerprint density at radius 3 is 2.54 bits per heavy atom. The van der Waals surface area contributed by atoms with Crippen molar-refractivity contribution in [3.05, 3.63) is 71.8 Å². The van der Waals surface area contributed by atoms with Crippen LogP contribution in [0.3, 0.4) is 0 Å². The molecule has 3 aromatic carbocycles. The van der Waals surface area contributed by atoms with E-state index in [2.05, 4.69) is 10.0 Å². The highest BCUT2D eigenvalue weighted by Crippen LogP contribution is 2.25. The average molecular weight is 398 g/mol. The van der Waals surface area contributed by atoms with Crippen molar-refractivity contribution in [2.75, 3.05) is 24.1 Å². The number of aryl methyl sites for hydroxylation is 1. The van der Waals surface area contributed by atoms with Crippen molar-refractivity contribution >= 4 is 32.4 Å². The third-order valence-corrected chi connectivity index (χ3v) is 4.77. The van der Waals surface area contributed by atoms with Crippen molar-refractivity contribution in [3.63, 3.8) is 0 Å². The van der Waals surface area contributed by atoms with Gasteiger partial charge in [-0.1, -0.05) is 36.4 Å². The Hall–Kier alpha value is -3.06. The van der Waals surface area contributed by atoms with Gasteiger partial charge in [0, 0.05) is 10.9 Å². The zero-order chi connectivity index (χ0) is 20.1. The Morgan fingerprint density at radius 1 is 1.04 bits per heavy atom. The number of rotatable bonds is 7. The molecule has 0 aliphatic carbocycles. The molecule has 0 aliphatic heterocycles. The molecule has 0 spiro atoms. The Labute approximate surface area is 164 Å². The summed E-state index contributed by atoms with van der Waals surface area (Å²) in [5, 5.41) is 4.94. The summed E-state index contributed by atoms with van der Waals surface area (Å²) in [6.45, 7) is 2.44. The van der Waals surface area contributed by atoms with Gasteiger partial charge in [-0.2, -0.15) is 0 Å². The molecule has 3 aromatic rings. The summed E-state index contributed by atoms with van der Waals surface area (Å²) in [6, 6.07) is 18.6. The molecule has 0 saturated carbocycles. The topological polar surface area (TPSA) is 84.5 Å². The highest BCUT2D eigenvalue weighted by molar-refractivity contribution is 7.92. The number of carbonyl (C=O) groups is 1. The molecule has 146 valence electrons. The normalized spacial score (nSPS) is 11.2. The first-order valence-electron chi connectivity index (χ1n) is 8.81. The Kier molecular flexibility index (Phi) is 5.84. The fourth-order valence-corrected chi connectivity index (χ4v) is 3.50. The summed E-state index contributed by atoms with van der Waals surface area (Å²) in [4.78, 5) is 12.3. The zero-order valence-corrected chi connectivity index (χ0v) is 16.5. The Bertz CT molecular complexity index is 1110. The van der Waals surface area contributed by atoms with Crippen LogP contribution in [-0.2, 0) is 10.0 Å². The quantitative estimate of drug-likeness (QED) is 0.598. The first kappa shape index (κ1) is 19.7. The Morgan fingerprint density at radius 2 is 1.79 bits per heavy atom. The van der Waals surface area contributed by atoms with Crippen molar-refractivity contribution in [3.8, 4) is 5.75 Å². The van der Waals surface area contributed by atoms with Gasteiger partial charge in [0.1, 0.15) is 12.4 Å². The van der Waals surface area contributed by atoms with Gasteiger partial charge >= 0.3 is 0 Å². The lowest BCUT2D eigenvalue weighted by Gasteiger charge is -2.11. The predicted octanol–water partition coefficient (Wildman–Crippen LogP) is 3.33. The molecule has 0 aliphatic rings. The largest absolute Gasteiger partial charge is 0.491 e. The number of amides is 1. The molecule has 7 heteroatoms. The maximum Gasteiger partial charge on any atom is 0.251 e. The molecule has 0 bridgehead atoms. The number of sulfonamides is 1. The minimum Gasteiger partial charge on any atom is -0.491 e.